The summed E-state index contributed by atoms with van der Waals surface area (Å²) in [7, 11) is 0. The van der Waals surface area contributed by atoms with Crippen LogP contribution in [0.2, 0.25) is 0 Å². The molecule has 0 aliphatic rings. The van der Waals surface area contributed by atoms with Crippen molar-refractivity contribution in [2.45, 2.75) is 41.2 Å². The van der Waals surface area contributed by atoms with Crippen LogP contribution in [0.5, 0.6) is 0 Å². The summed E-state index contributed by atoms with van der Waals surface area (Å²) in [6.07, 6.45) is 0. The van der Waals surface area contributed by atoms with Crippen LogP contribution in [0.4, 0.5) is 8.78 Å². The van der Waals surface area contributed by atoms with Gasteiger partial charge in [-0.25, -0.2) is 13.8 Å². The molecule has 0 unspecified atom stereocenters. The average molecular weight is 240 g/mol. The maximum atomic E-state index is 13.7. The first kappa shape index (κ1) is 13.6. The molecule has 1 heterocycles. The molecule has 0 spiro atoms. The van der Waals surface area contributed by atoms with E-state index in [0.717, 1.165) is 0 Å². The van der Waals surface area contributed by atoms with Gasteiger partial charge in [-0.15, -0.1) is 0 Å². The van der Waals surface area contributed by atoms with Gasteiger partial charge in [0.2, 0.25) is 0 Å². The molecule has 2 aromatic rings. The molecule has 4 heteroatoms. The van der Waals surface area contributed by atoms with Gasteiger partial charge < -0.3 is 4.57 Å². The monoisotopic (exact) mass is 240 g/mol. The zero-order valence-electron chi connectivity index (χ0n) is 10.9. The van der Waals surface area contributed by atoms with Gasteiger partial charge in [-0.2, -0.15) is 0 Å². The predicted octanol–water partition coefficient (Wildman–Crippen LogP) is 3.98. The Labute approximate surface area is 100 Å². The zero-order valence-corrected chi connectivity index (χ0v) is 10.9. The van der Waals surface area contributed by atoms with Crippen LogP contribution in [0.1, 0.15) is 32.2 Å². The Morgan fingerprint density at radius 2 is 1.82 bits per heavy atom. The third-order valence-electron chi connectivity index (χ3n) is 2.67. The second-order valence-electron chi connectivity index (χ2n) is 3.57. The first-order valence-corrected chi connectivity index (χ1v) is 5.87. The summed E-state index contributed by atoms with van der Waals surface area (Å²) in [5.41, 5.74) is 0.812. The molecule has 1 aromatic carbocycles. The molecule has 0 aliphatic heterocycles. The van der Waals surface area contributed by atoms with Crippen molar-refractivity contribution < 1.29 is 8.78 Å². The molecule has 0 bridgehead atoms. The van der Waals surface area contributed by atoms with E-state index in [1.165, 1.54) is 13.0 Å². The molecule has 2 nitrogen and oxygen atoms in total. The number of hydrogen-bond acceptors (Lipinski definition) is 1. The Balaban J connectivity index is 0.000000686. The van der Waals surface area contributed by atoms with Gasteiger partial charge in [0.05, 0.1) is 5.52 Å². The second kappa shape index (κ2) is 5.25. The fourth-order valence-electron chi connectivity index (χ4n) is 1.80. The van der Waals surface area contributed by atoms with Crippen LogP contribution in [-0.2, 0) is 6.54 Å². The lowest BCUT2D eigenvalue weighted by Crippen LogP contribution is -1.97. The maximum absolute atomic E-state index is 13.7. The van der Waals surface area contributed by atoms with E-state index in [2.05, 4.69) is 4.98 Å². The van der Waals surface area contributed by atoms with Crippen LogP contribution in [0.3, 0.4) is 0 Å². The van der Waals surface area contributed by atoms with Crippen LogP contribution >= 0.6 is 0 Å². The largest absolute Gasteiger partial charge is 0.328 e. The number of hydrogen-bond donors (Lipinski definition) is 0. The molecule has 0 fully saturated rings. The maximum Gasteiger partial charge on any atom is 0.156 e. The van der Waals surface area contributed by atoms with Crippen molar-refractivity contribution in [3.05, 3.63) is 29.1 Å². The molecule has 94 valence electrons. The minimum Gasteiger partial charge on any atom is -0.328 e. The molecule has 0 aliphatic carbocycles. The Kier molecular flexibility index (Phi) is 4.21. The molecular weight excluding hydrogens is 222 g/mol. The third kappa shape index (κ3) is 2.16. The van der Waals surface area contributed by atoms with E-state index in [1.54, 1.807) is 11.5 Å². The Hall–Kier alpha value is -1.45. The number of aryl methyl sites for hydroxylation is 2. The minimum atomic E-state index is -0.555. The van der Waals surface area contributed by atoms with Crippen LogP contribution in [-0.4, -0.2) is 9.55 Å². The van der Waals surface area contributed by atoms with E-state index in [-0.39, 0.29) is 11.1 Å². The molecule has 0 N–H and O–H groups in total. The number of nitrogens with zero attached hydrogens (tertiary/aromatic N) is 2. The first-order valence-electron chi connectivity index (χ1n) is 5.87. The number of rotatable bonds is 1. The van der Waals surface area contributed by atoms with Crippen molar-refractivity contribution in [1.29, 1.82) is 0 Å². The van der Waals surface area contributed by atoms with Gasteiger partial charge in [0.25, 0.3) is 0 Å². The van der Waals surface area contributed by atoms with Gasteiger partial charge in [-0.3, -0.25) is 0 Å². The van der Waals surface area contributed by atoms with Crippen molar-refractivity contribution in [1.82, 2.24) is 9.55 Å². The topological polar surface area (TPSA) is 17.8 Å². The van der Waals surface area contributed by atoms with Crippen LogP contribution in [0.25, 0.3) is 11.0 Å². The summed E-state index contributed by atoms with van der Waals surface area (Å²) < 4.78 is 28.8. The number of benzene rings is 1. The minimum absolute atomic E-state index is 0.0308. The quantitative estimate of drug-likeness (QED) is 0.737. The second-order valence-corrected chi connectivity index (χ2v) is 3.57. The summed E-state index contributed by atoms with van der Waals surface area (Å²) in [6.45, 7) is 9.79. The molecule has 17 heavy (non-hydrogen) atoms. The predicted molar refractivity (Wildman–Crippen MR) is 66.1 cm³/mol. The summed E-state index contributed by atoms with van der Waals surface area (Å²) in [4.78, 5) is 4.11. The first-order chi connectivity index (χ1) is 8.06. The van der Waals surface area contributed by atoms with Crippen molar-refractivity contribution in [3.63, 3.8) is 0 Å². The van der Waals surface area contributed by atoms with E-state index in [1.807, 2.05) is 20.8 Å². The van der Waals surface area contributed by atoms with Crippen molar-refractivity contribution in [3.8, 4) is 0 Å². The number of imidazole rings is 1. The average Bonchev–Trinajstić information content (AvgIpc) is 2.65. The Bertz CT molecular complexity index is 530. The van der Waals surface area contributed by atoms with Crippen molar-refractivity contribution in [2.75, 3.05) is 0 Å². The van der Waals surface area contributed by atoms with Gasteiger partial charge >= 0.3 is 0 Å². The zero-order chi connectivity index (χ0) is 13.2. The molecular formula is C13H18F2N2. The lowest BCUT2D eigenvalue weighted by molar-refractivity contribution is 0.575. The molecule has 0 saturated heterocycles. The van der Waals surface area contributed by atoms with Gasteiger partial charge in [0.1, 0.15) is 17.2 Å². The highest BCUT2D eigenvalue weighted by molar-refractivity contribution is 5.77. The highest BCUT2D eigenvalue weighted by Crippen LogP contribution is 2.23. The fourth-order valence-corrected chi connectivity index (χ4v) is 1.80. The van der Waals surface area contributed by atoms with Crippen LogP contribution < -0.4 is 0 Å². The van der Waals surface area contributed by atoms with Gasteiger partial charge in [-0.1, -0.05) is 13.8 Å². The highest BCUT2D eigenvalue weighted by atomic mass is 19.1. The molecule has 1 aromatic heterocycles. The van der Waals surface area contributed by atoms with Crippen LogP contribution in [0, 0.1) is 25.5 Å². The van der Waals surface area contributed by atoms with E-state index in [4.69, 9.17) is 0 Å². The van der Waals surface area contributed by atoms with E-state index in [9.17, 15) is 8.78 Å². The van der Waals surface area contributed by atoms with Crippen molar-refractivity contribution >= 4 is 11.0 Å². The number of fused-ring (bicyclic) bond motifs is 1. The summed E-state index contributed by atoms with van der Waals surface area (Å²) in [6, 6.07) is 1.34. The summed E-state index contributed by atoms with van der Waals surface area (Å²) >= 11 is 0. The van der Waals surface area contributed by atoms with E-state index in [0.29, 0.717) is 17.9 Å². The van der Waals surface area contributed by atoms with Gasteiger partial charge in [0, 0.05) is 18.2 Å². The third-order valence-corrected chi connectivity index (χ3v) is 2.67. The molecule has 0 radical (unpaired) electrons. The van der Waals surface area contributed by atoms with E-state index < -0.39 is 11.6 Å². The molecule has 0 saturated carbocycles. The lowest BCUT2D eigenvalue weighted by atomic mass is 10.2. The van der Waals surface area contributed by atoms with E-state index >= 15 is 0 Å². The highest BCUT2D eigenvalue weighted by Gasteiger charge is 2.15. The Morgan fingerprint density at radius 1 is 1.24 bits per heavy atom. The molecule has 0 atom stereocenters. The number of aromatic nitrogens is 2. The SMILES string of the molecule is CC.CCn1c(C)nc2c(F)c(C)c(F)cc21. The van der Waals surface area contributed by atoms with Gasteiger partial charge in [0.15, 0.2) is 5.82 Å². The lowest BCUT2D eigenvalue weighted by Gasteiger charge is -2.03. The van der Waals surface area contributed by atoms with Gasteiger partial charge in [-0.05, 0) is 20.8 Å². The summed E-state index contributed by atoms with van der Waals surface area (Å²) in [5.74, 6) is -0.369. The molecule has 0 amide bonds. The fraction of sp³-hybridized carbons (Fsp3) is 0.462. The smallest absolute Gasteiger partial charge is 0.156 e. The summed E-state index contributed by atoms with van der Waals surface area (Å²) in [5, 5.41) is 0. The normalized spacial score (nSPS) is 10.3. The van der Waals surface area contributed by atoms with Crippen molar-refractivity contribution in [2.24, 2.45) is 0 Å². The molecule has 2 rings (SSSR count). The standard InChI is InChI=1S/C11H12F2N2.C2H6/c1-4-15-7(3)14-11-9(15)5-8(12)6(2)10(11)13;1-2/h5H,4H2,1-3H3;1-2H3. The Morgan fingerprint density at radius 3 is 2.35 bits per heavy atom. The number of halogens is 2. The van der Waals surface area contributed by atoms with Crippen LogP contribution in [0.15, 0.2) is 6.07 Å².